The predicted octanol–water partition coefficient (Wildman–Crippen LogP) is 8.71. The molecule has 0 radical (unpaired) electrons. The van der Waals surface area contributed by atoms with Crippen molar-refractivity contribution in [3.05, 3.63) is 65.2 Å². The van der Waals surface area contributed by atoms with Gasteiger partial charge in [0.2, 0.25) is 8.32 Å². The summed E-state index contributed by atoms with van der Waals surface area (Å²) in [5.74, 6) is 4.36. The first kappa shape index (κ1) is 22.3. The maximum absolute atomic E-state index is 6.66. The fourth-order valence-corrected chi connectivity index (χ4v) is 8.33. The van der Waals surface area contributed by atoms with Crippen molar-refractivity contribution < 1.29 is 4.43 Å². The van der Waals surface area contributed by atoms with Crippen LogP contribution in [0.3, 0.4) is 0 Å². The average molecular weight is 447 g/mol. The van der Waals surface area contributed by atoms with Gasteiger partial charge in [-0.25, -0.2) is 0 Å². The molecule has 0 aromatic heterocycles. The molecule has 2 aromatic carbocycles. The Hall–Kier alpha value is -1.54. The summed E-state index contributed by atoms with van der Waals surface area (Å²) in [6.45, 7) is 14.3. The molecule has 3 aliphatic carbocycles. The van der Waals surface area contributed by atoms with Gasteiger partial charge in [-0.1, -0.05) is 64.1 Å². The van der Waals surface area contributed by atoms with Crippen molar-refractivity contribution >= 4 is 8.32 Å². The van der Waals surface area contributed by atoms with Gasteiger partial charge in [0, 0.05) is 0 Å². The Balaban J connectivity index is 1.38. The summed E-state index contributed by atoms with van der Waals surface area (Å²) in [7, 11) is -1.79. The summed E-state index contributed by atoms with van der Waals surface area (Å²) in [5.41, 5.74) is 5.28. The topological polar surface area (TPSA) is 9.23 Å². The van der Waals surface area contributed by atoms with Crippen LogP contribution in [0.5, 0.6) is 5.75 Å². The largest absolute Gasteiger partial charge is 0.543 e. The number of hydrogen-bond acceptors (Lipinski definition) is 1. The minimum absolute atomic E-state index is 0.236. The lowest BCUT2D eigenvalue weighted by molar-refractivity contribution is 0.0482. The zero-order chi connectivity index (χ0) is 22.7. The Bertz CT molecular complexity index is 972. The van der Waals surface area contributed by atoms with E-state index < -0.39 is 8.32 Å². The van der Waals surface area contributed by atoms with Crippen LogP contribution >= 0.6 is 0 Å². The molecule has 0 spiro atoms. The lowest BCUT2D eigenvalue weighted by Gasteiger charge is -2.51. The van der Waals surface area contributed by atoms with E-state index in [4.69, 9.17) is 4.43 Å². The van der Waals surface area contributed by atoms with Crippen LogP contribution in [0, 0.1) is 17.3 Å². The Morgan fingerprint density at radius 3 is 2.41 bits per heavy atom. The van der Waals surface area contributed by atoms with Crippen LogP contribution in [0.4, 0.5) is 0 Å². The van der Waals surface area contributed by atoms with E-state index in [0.29, 0.717) is 5.41 Å². The quantitative estimate of drug-likeness (QED) is 0.428. The zero-order valence-electron chi connectivity index (χ0n) is 21.1. The van der Waals surface area contributed by atoms with Crippen LogP contribution in [0.25, 0.3) is 0 Å². The second-order valence-electron chi connectivity index (χ2n) is 12.7. The highest BCUT2D eigenvalue weighted by Crippen LogP contribution is 2.65. The van der Waals surface area contributed by atoms with E-state index >= 15 is 0 Å². The number of rotatable bonds is 3. The number of aryl methyl sites for hydroxylation is 1. The van der Waals surface area contributed by atoms with Crippen LogP contribution in [0.2, 0.25) is 18.1 Å². The molecular formula is C30H42OSi. The Morgan fingerprint density at radius 2 is 1.69 bits per heavy atom. The van der Waals surface area contributed by atoms with Gasteiger partial charge < -0.3 is 4.43 Å². The summed E-state index contributed by atoms with van der Waals surface area (Å²) in [6, 6.07) is 18.5. The van der Waals surface area contributed by atoms with Crippen molar-refractivity contribution in [2.75, 3.05) is 0 Å². The molecule has 2 heteroatoms. The van der Waals surface area contributed by atoms with Crippen molar-refractivity contribution in [1.82, 2.24) is 0 Å². The molecule has 0 heterocycles. The Labute approximate surface area is 197 Å². The van der Waals surface area contributed by atoms with Crippen LogP contribution < -0.4 is 4.43 Å². The predicted molar refractivity (Wildman–Crippen MR) is 138 cm³/mol. The standard InChI is InChI=1S/C30H42OSi/c1-29(2,3)32(5,6)31-23-13-15-24-22(20-23)12-14-26-25(24)18-19-30(4)27(16-17-28(26)30)21-10-8-7-9-11-21/h7-11,13,15,20,25-28H,12,14,16-19H2,1-6H3/t25-,26-,27-,28+,30-/m1/s1. The third-order valence-electron chi connectivity index (χ3n) is 10.1. The van der Waals surface area contributed by atoms with Gasteiger partial charge in [-0.3, -0.25) is 0 Å². The van der Waals surface area contributed by atoms with Crippen LogP contribution in [-0.2, 0) is 6.42 Å². The number of hydrogen-bond donors (Lipinski definition) is 0. The van der Waals surface area contributed by atoms with Crippen molar-refractivity contribution in [3.63, 3.8) is 0 Å². The second kappa shape index (κ2) is 7.76. The summed E-state index contributed by atoms with van der Waals surface area (Å²) < 4.78 is 6.66. The number of fused-ring (bicyclic) bond motifs is 5. The first-order valence-corrected chi connectivity index (χ1v) is 15.9. The van der Waals surface area contributed by atoms with Gasteiger partial charge in [0.25, 0.3) is 0 Å². The molecule has 1 nitrogen and oxygen atoms in total. The molecule has 0 aliphatic heterocycles. The second-order valence-corrected chi connectivity index (χ2v) is 17.4. The van der Waals surface area contributed by atoms with Crippen molar-refractivity contribution in [2.24, 2.45) is 17.3 Å². The molecule has 0 amide bonds. The smallest absolute Gasteiger partial charge is 0.250 e. The lowest BCUT2D eigenvalue weighted by atomic mass is 9.53. The van der Waals surface area contributed by atoms with E-state index in [1.165, 1.54) is 38.5 Å². The fourth-order valence-electron chi connectivity index (χ4n) is 7.30. The summed E-state index contributed by atoms with van der Waals surface area (Å²) in [5, 5.41) is 0.236. The molecule has 0 unspecified atom stereocenters. The van der Waals surface area contributed by atoms with Gasteiger partial charge in [-0.15, -0.1) is 0 Å². The van der Waals surface area contributed by atoms with Crippen molar-refractivity contribution in [2.45, 2.75) is 96.2 Å². The van der Waals surface area contributed by atoms with Crippen LogP contribution in [-0.4, -0.2) is 8.32 Å². The molecule has 5 atom stereocenters. The molecule has 2 saturated carbocycles. The van der Waals surface area contributed by atoms with Gasteiger partial charge in [0.05, 0.1) is 0 Å². The minimum Gasteiger partial charge on any atom is -0.543 e. The van der Waals surface area contributed by atoms with Gasteiger partial charge >= 0.3 is 0 Å². The molecule has 2 aromatic rings. The van der Waals surface area contributed by atoms with Crippen molar-refractivity contribution in [1.29, 1.82) is 0 Å². The Morgan fingerprint density at radius 1 is 0.938 bits per heavy atom. The van der Waals surface area contributed by atoms with Gasteiger partial charge in [-0.2, -0.15) is 0 Å². The van der Waals surface area contributed by atoms with Crippen LogP contribution in [0.1, 0.15) is 88.3 Å². The Kier molecular flexibility index (Phi) is 5.40. The van der Waals surface area contributed by atoms with Crippen LogP contribution in [0.15, 0.2) is 48.5 Å². The molecule has 172 valence electrons. The van der Waals surface area contributed by atoms with Gasteiger partial charge in [0.15, 0.2) is 0 Å². The summed E-state index contributed by atoms with van der Waals surface area (Å²) in [6.07, 6.45) is 8.12. The van der Waals surface area contributed by atoms with Gasteiger partial charge in [0.1, 0.15) is 5.75 Å². The molecule has 0 saturated heterocycles. The highest BCUT2D eigenvalue weighted by Gasteiger charge is 2.54. The molecule has 0 bridgehead atoms. The third-order valence-corrected chi connectivity index (χ3v) is 14.4. The van der Waals surface area contributed by atoms with E-state index in [9.17, 15) is 0 Å². The normalized spacial score (nSPS) is 32.1. The summed E-state index contributed by atoms with van der Waals surface area (Å²) >= 11 is 0. The van der Waals surface area contributed by atoms with E-state index in [-0.39, 0.29) is 5.04 Å². The summed E-state index contributed by atoms with van der Waals surface area (Å²) in [4.78, 5) is 0. The molecule has 32 heavy (non-hydrogen) atoms. The third kappa shape index (κ3) is 3.58. The van der Waals surface area contributed by atoms with E-state index in [2.05, 4.69) is 89.3 Å². The first-order chi connectivity index (χ1) is 15.1. The maximum atomic E-state index is 6.66. The highest BCUT2D eigenvalue weighted by molar-refractivity contribution is 6.74. The SMILES string of the molecule is CC(C)(C)[Si](C)(C)Oc1ccc2c(c1)CC[C@@H]1[C@@H]2CC[C@]2(C)[C@@H](c3ccccc3)CC[C@@H]12. The zero-order valence-corrected chi connectivity index (χ0v) is 22.1. The molecule has 5 rings (SSSR count). The monoisotopic (exact) mass is 446 g/mol. The molecule has 3 aliphatic rings. The maximum Gasteiger partial charge on any atom is 0.250 e. The lowest BCUT2D eigenvalue weighted by Crippen LogP contribution is -2.44. The molecule has 2 fully saturated rings. The minimum atomic E-state index is -1.79. The molecular weight excluding hydrogens is 404 g/mol. The molecule has 0 N–H and O–H groups in total. The van der Waals surface area contributed by atoms with E-state index in [1.807, 2.05) is 0 Å². The number of benzene rings is 2. The average Bonchev–Trinajstić information content (AvgIpc) is 3.10. The van der Waals surface area contributed by atoms with E-state index in [1.54, 1.807) is 16.7 Å². The highest BCUT2D eigenvalue weighted by atomic mass is 28.4. The van der Waals surface area contributed by atoms with Gasteiger partial charge in [-0.05, 0) is 115 Å². The van der Waals surface area contributed by atoms with E-state index in [0.717, 1.165) is 29.4 Å². The first-order valence-electron chi connectivity index (χ1n) is 13.0. The van der Waals surface area contributed by atoms with Crippen molar-refractivity contribution in [3.8, 4) is 5.75 Å². The fraction of sp³-hybridized carbons (Fsp3) is 0.600.